The van der Waals surface area contributed by atoms with Crippen LogP contribution in [0.2, 0.25) is 0 Å². The average Bonchev–Trinajstić information content (AvgIpc) is 2.88. The molecule has 2 heterocycles. The molecule has 0 saturated heterocycles. The molecule has 20 heavy (non-hydrogen) atoms. The molecule has 1 atom stereocenters. The summed E-state index contributed by atoms with van der Waals surface area (Å²) in [6.07, 6.45) is 1.75. The van der Waals surface area contributed by atoms with Crippen LogP contribution in [-0.2, 0) is 13.1 Å². The molecule has 2 aromatic rings. The van der Waals surface area contributed by atoms with Gasteiger partial charge in [-0.2, -0.15) is 0 Å². The Hall–Kier alpha value is -1.95. The van der Waals surface area contributed by atoms with Crippen LogP contribution in [0.5, 0.6) is 0 Å². The van der Waals surface area contributed by atoms with Gasteiger partial charge in [0.1, 0.15) is 12.1 Å². The summed E-state index contributed by atoms with van der Waals surface area (Å²) in [5.41, 5.74) is 8.45. The number of aromatic nitrogens is 3. The van der Waals surface area contributed by atoms with E-state index >= 15 is 0 Å². The summed E-state index contributed by atoms with van der Waals surface area (Å²) in [4.78, 5) is 2.19. The molecule has 3 rings (SSSR count). The minimum absolute atomic E-state index is 0.207. The summed E-state index contributed by atoms with van der Waals surface area (Å²) >= 11 is 0. The number of hydrogen-bond donors (Lipinski definition) is 1. The van der Waals surface area contributed by atoms with Gasteiger partial charge >= 0.3 is 0 Å². The Morgan fingerprint density at radius 1 is 1.35 bits per heavy atom. The number of halogens is 1. The number of fused-ring (bicyclic) bond motifs is 1. The van der Waals surface area contributed by atoms with Crippen LogP contribution in [0.3, 0.4) is 0 Å². The molecule has 0 amide bonds. The molecule has 106 valence electrons. The van der Waals surface area contributed by atoms with Crippen LogP contribution < -0.4 is 10.6 Å². The van der Waals surface area contributed by atoms with Crippen molar-refractivity contribution in [1.29, 1.82) is 0 Å². The van der Waals surface area contributed by atoms with E-state index < -0.39 is 0 Å². The Kier molecular flexibility index (Phi) is 3.17. The molecule has 6 heteroatoms. The second-order valence-electron chi connectivity index (χ2n) is 5.31. The summed E-state index contributed by atoms with van der Waals surface area (Å²) in [7, 11) is 0. The van der Waals surface area contributed by atoms with E-state index in [2.05, 4.69) is 15.1 Å². The second-order valence-corrected chi connectivity index (χ2v) is 5.31. The summed E-state index contributed by atoms with van der Waals surface area (Å²) in [6.45, 7) is 5.99. The zero-order valence-electron chi connectivity index (χ0n) is 11.7. The molecular weight excluding hydrogens is 257 g/mol. The van der Waals surface area contributed by atoms with Gasteiger partial charge in [0.25, 0.3) is 0 Å². The standard InChI is InChI=1S/C14H18FN5/c1-9-5-13(11(10(2)16)6-12(9)15)19-3-4-20-8-17-18-14(20)7-19/h5-6,8,10H,3-4,7,16H2,1-2H3/t10-/m1/s1. The van der Waals surface area contributed by atoms with Crippen LogP contribution in [0, 0.1) is 12.7 Å². The lowest BCUT2D eigenvalue weighted by atomic mass is 10.0. The molecule has 2 N–H and O–H groups in total. The predicted molar refractivity (Wildman–Crippen MR) is 74.8 cm³/mol. The van der Waals surface area contributed by atoms with Gasteiger partial charge in [-0.15, -0.1) is 10.2 Å². The number of hydrogen-bond acceptors (Lipinski definition) is 4. The quantitative estimate of drug-likeness (QED) is 0.907. The molecule has 0 aliphatic carbocycles. The van der Waals surface area contributed by atoms with Gasteiger partial charge in [0.2, 0.25) is 0 Å². The third kappa shape index (κ3) is 2.16. The van der Waals surface area contributed by atoms with Gasteiger partial charge in [-0.3, -0.25) is 0 Å². The molecule has 0 unspecified atom stereocenters. The monoisotopic (exact) mass is 275 g/mol. The van der Waals surface area contributed by atoms with Gasteiger partial charge < -0.3 is 15.2 Å². The van der Waals surface area contributed by atoms with Crippen molar-refractivity contribution in [2.45, 2.75) is 33.0 Å². The topological polar surface area (TPSA) is 60.0 Å². The highest BCUT2D eigenvalue weighted by Crippen LogP contribution is 2.30. The van der Waals surface area contributed by atoms with Crippen LogP contribution in [0.1, 0.15) is 29.9 Å². The van der Waals surface area contributed by atoms with Crippen LogP contribution in [0.4, 0.5) is 10.1 Å². The van der Waals surface area contributed by atoms with Crippen molar-refractivity contribution in [2.75, 3.05) is 11.4 Å². The maximum atomic E-state index is 13.8. The molecule has 1 aromatic heterocycles. The van der Waals surface area contributed by atoms with Crippen molar-refractivity contribution >= 4 is 5.69 Å². The van der Waals surface area contributed by atoms with Crippen molar-refractivity contribution < 1.29 is 4.39 Å². The fraction of sp³-hybridized carbons (Fsp3) is 0.429. The third-order valence-electron chi connectivity index (χ3n) is 3.78. The van der Waals surface area contributed by atoms with E-state index in [1.807, 2.05) is 17.6 Å². The van der Waals surface area contributed by atoms with E-state index in [-0.39, 0.29) is 11.9 Å². The number of nitrogens with two attached hydrogens (primary N) is 1. The zero-order chi connectivity index (χ0) is 14.3. The van der Waals surface area contributed by atoms with Crippen molar-refractivity contribution in [1.82, 2.24) is 14.8 Å². The Labute approximate surface area is 117 Å². The highest BCUT2D eigenvalue weighted by Gasteiger charge is 2.22. The molecule has 1 aliphatic heterocycles. The Balaban J connectivity index is 2.00. The molecule has 0 radical (unpaired) electrons. The largest absolute Gasteiger partial charge is 0.362 e. The smallest absolute Gasteiger partial charge is 0.152 e. The lowest BCUT2D eigenvalue weighted by molar-refractivity contribution is 0.555. The van der Waals surface area contributed by atoms with Crippen molar-refractivity contribution in [3.05, 3.63) is 41.2 Å². The van der Waals surface area contributed by atoms with Gasteiger partial charge in [0.15, 0.2) is 5.82 Å². The minimum atomic E-state index is -0.208. The molecule has 0 fully saturated rings. The Morgan fingerprint density at radius 3 is 2.90 bits per heavy atom. The molecule has 1 aliphatic rings. The maximum Gasteiger partial charge on any atom is 0.152 e. The summed E-state index contributed by atoms with van der Waals surface area (Å²) in [6, 6.07) is 3.22. The zero-order valence-corrected chi connectivity index (χ0v) is 11.7. The van der Waals surface area contributed by atoms with E-state index in [4.69, 9.17) is 5.73 Å². The first kappa shape index (κ1) is 13.1. The molecule has 0 bridgehead atoms. The maximum absolute atomic E-state index is 13.8. The number of benzene rings is 1. The van der Waals surface area contributed by atoms with Crippen molar-refractivity contribution in [2.24, 2.45) is 5.73 Å². The lowest BCUT2D eigenvalue weighted by Gasteiger charge is -2.31. The number of aryl methyl sites for hydroxylation is 1. The number of nitrogens with zero attached hydrogens (tertiary/aromatic N) is 4. The number of anilines is 1. The highest BCUT2D eigenvalue weighted by atomic mass is 19.1. The van der Waals surface area contributed by atoms with E-state index in [0.29, 0.717) is 12.1 Å². The van der Waals surface area contributed by atoms with Gasteiger partial charge in [-0.1, -0.05) is 0 Å². The van der Waals surface area contributed by atoms with E-state index in [1.54, 1.807) is 19.3 Å². The third-order valence-corrected chi connectivity index (χ3v) is 3.78. The van der Waals surface area contributed by atoms with Crippen LogP contribution in [0.25, 0.3) is 0 Å². The molecule has 5 nitrogen and oxygen atoms in total. The first-order chi connectivity index (χ1) is 9.56. The average molecular weight is 275 g/mol. The van der Waals surface area contributed by atoms with Gasteiger partial charge in [-0.05, 0) is 37.1 Å². The normalized spacial score (nSPS) is 16.1. The number of rotatable bonds is 2. The lowest BCUT2D eigenvalue weighted by Crippen LogP contribution is -2.34. The SMILES string of the molecule is Cc1cc(N2CCn3cnnc3C2)c([C@@H](C)N)cc1F. The molecular formula is C14H18FN5. The van der Waals surface area contributed by atoms with Crippen LogP contribution in [-0.4, -0.2) is 21.3 Å². The second kappa shape index (κ2) is 4.86. The summed E-state index contributed by atoms with van der Waals surface area (Å²) in [5, 5.41) is 8.04. The van der Waals surface area contributed by atoms with Gasteiger partial charge in [0, 0.05) is 24.8 Å². The Bertz CT molecular complexity index is 634. The molecule has 0 saturated carbocycles. The fourth-order valence-corrected chi connectivity index (χ4v) is 2.59. The first-order valence-corrected chi connectivity index (χ1v) is 6.73. The predicted octanol–water partition coefficient (Wildman–Crippen LogP) is 1.77. The molecule has 1 aromatic carbocycles. The van der Waals surface area contributed by atoms with Crippen molar-refractivity contribution in [3.63, 3.8) is 0 Å². The summed E-state index contributed by atoms with van der Waals surface area (Å²) < 4.78 is 15.8. The highest BCUT2D eigenvalue weighted by molar-refractivity contribution is 5.57. The van der Waals surface area contributed by atoms with E-state index in [0.717, 1.165) is 30.2 Å². The van der Waals surface area contributed by atoms with Gasteiger partial charge in [-0.25, -0.2) is 4.39 Å². The van der Waals surface area contributed by atoms with Crippen LogP contribution in [0.15, 0.2) is 18.5 Å². The van der Waals surface area contributed by atoms with E-state index in [1.165, 1.54) is 0 Å². The van der Waals surface area contributed by atoms with Gasteiger partial charge in [0.05, 0.1) is 6.54 Å². The molecule has 0 spiro atoms. The Morgan fingerprint density at radius 2 is 2.15 bits per heavy atom. The van der Waals surface area contributed by atoms with E-state index in [9.17, 15) is 4.39 Å². The van der Waals surface area contributed by atoms with Crippen LogP contribution >= 0.6 is 0 Å². The first-order valence-electron chi connectivity index (χ1n) is 6.73. The van der Waals surface area contributed by atoms with Crippen molar-refractivity contribution in [3.8, 4) is 0 Å². The fourth-order valence-electron chi connectivity index (χ4n) is 2.59. The summed E-state index contributed by atoms with van der Waals surface area (Å²) in [5.74, 6) is 0.718. The minimum Gasteiger partial charge on any atom is -0.362 e.